The van der Waals surface area contributed by atoms with Crippen molar-refractivity contribution in [3.05, 3.63) is 36.2 Å². The Kier molecular flexibility index (Phi) is 3.87. The van der Waals surface area contributed by atoms with Gasteiger partial charge in [0.15, 0.2) is 5.78 Å². The number of fused-ring (bicyclic) bond motifs is 1. The number of pyridine rings is 1. The Morgan fingerprint density at radius 1 is 1.27 bits per heavy atom. The van der Waals surface area contributed by atoms with Crippen LogP contribution in [0.2, 0.25) is 0 Å². The molecule has 2 rings (SSSR count). The van der Waals surface area contributed by atoms with Crippen molar-refractivity contribution < 1.29 is 27.9 Å². The number of ketones is 1. The molecule has 8 heteroatoms. The Balaban J connectivity index is 2.36. The number of aromatic nitrogens is 1. The number of amides is 1. The van der Waals surface area contributed by atoms with Gasteiger partial charge in [-0.25, -0.2) is 0 Å². The molecule has 0 aliphatic rings. The van der Waals surface area contributed by atoms with Gasteiger partial charge in [0.05, 0.1) is 11.6 Å². The van der Waals surface area contributed by atoms with Gasteiger partial charge in [0, 0.05) is 25.0 Å². The average Bonchev–Trinajstić information content (AvgIpc) is 2.88. The molecule has 0 spiro atoms. The van der Waals surface area contributed by atoms with Crippen LogP contribution in [-0.4, -0.2) is 45.4 Å². The van der Waals surface area contributed by atoms with Gasteiger partial charge in [-0.3, -0.25) is 9.59 Å². The molecule has 2 aromatic rings. The Hall–Kier alpha value is -2.51. The van der Waals surface area contributed by atoms with Crippen molar-refractivity contribution in [1.29, 1.82) is 0 Å². The Morgan fingerprint density at radius 3 is 2.50 bits per heavy atom. The van der Waals surface area contributed by atoms with Crippen molar-refractivity contribution in [1.82, 2.24) is 9.30 Å². The molecule has 1 N–H and O–H groups in total. The quantitative estimate of drug-likeness (QED) is 0.884. The van der Waals surface area contributed by atoms with Gasteiger partial charge in [-0.05, 0) is 25.1 Å². The number of carbonyl (C=O) groups is 2. The number of halogens is 3. The fourth-order valence-electron chi connectivity index (χ4n) is 2.12. The summed E-state index contributed by atoms with van der Waals surface area (Å²) in [6.07, 6.45) is -1.96. The first-order chi connectivity index (χ1) is 10.1. The van der Waals surface area contributed by atoms with E-state index in [1.165, 1.54) is 29.7 Å². The average molecular weight is 314 g/mol. The van der Waals surface area contributed by atoms with Crippen molar-refractivity contribution in [3.8, 4) is 5.75 Å². The lowest BCUT2D eigenvalue weighted by molar-refractivity contribution is -0.185. The molecular weight excluding hydrogens is 301 g/mol. The first-order valence-corrected chi connectivity index (χ1v) is 6.31. The van der Waals surface area contributed by atoms with Gasteiger partial charge in [0.2, 0.25) is 0 Å². The SMILES string of the molecule is CC(C(=O)c1ccn2cccc(O)c12)N(C)C(=O)C(F)(F)F. The highest BCUT2D eigenvalue weighted by Gasteiger charge is 2.43. The van der Waals surface area contributed by atoms with Crippen molar-refractivity contribution >= 4 is 17.2 Å². The summed E-state index contributed by atoms with van der Waals surface area (Å²) in [5.41, 5.74) is 0.236. The third-order valence-electron chi connectivity index (χ3n) is 3.45. The zero-order valence-corrected chi connectivity index (χ0v) is 11.8. The molecule has 118 valence electrons. The molecule has 1 unspecified atom stereocenters. The standard InChI is InChI=1S/C14H13F3N2O3/c1-8(18(2)13(22)14(15,16)17)12(21)9-5-7-19-6-3-4-10(20)11(9)19/h3-8,20H,1-2H3. The van der Waals surface area contributed by atoms with E-state index in [2.05, 4.69) is 0 Å². The minimum atomic E-state index is -5.05. The van der Waals surface area contributed by atoms with Gasteiger partial charge in [0.25, 0.3) is 0 Å². The minimum absolute atomic E-state index is 0.0485. The minimum Gasteiger partial charge on any atom is -0.506 e. The number of aromatic hydroxyl groups is 1. The second kappa shape index (κ2) is 5.36. The van der Waals surface area contributed by atoms with Gasteiger partial charge in [0.1, 0.15) is 5.75 Å². The van der Waals surface area contributed by atoms with E-state index in [-0.39, 0.29) is 16.8 Å². The summed E-state index contributed by atoms with van der Waals surface area (Å²) in [6.45, 7) is 1.20. The molecule has 0 bridgehead atoms. The molecule has 0 radical (unpaired) electrons. The summed E-state index contributed by atoms with van der Waals surface area (Å²) in [4.78, 5) is 23.9. The molecule has 0 aliphatic heterocycles. The van der Waals surface area contributed by atoms with Gasteiger partial charge in [-0.1, -0.05) is 0 Å². The van der Waals surface area contributed by atoms with E-state index in [9.17, 15) is 27.9 Å². The van der Waals surface area contributed by atoms with Gasteiger partial charge < -0.3 is 14.4 Å². The second-order valence-corrected chi connectivity index (χ2v) is 4.83. The Labute approximate surface area is 123 Å². The predicted octanol–water partition coefficient (Wildman–Crippen LogP) is 2.24. The number of hydrogen-bond acceptors (Lipinski definition) is 3. The first kappa shape index (κ1) is 15.9. The smallest absolute Gasteiger partial charge is 0.471 e. The lowest BCUT2D eigenvalue weighted by Gasteiger charge is -2.24. The summed E-state index contributed by atoms with van der Waals surface area (Å²) in [5.74, 6) is -2.96. The van der Waals surface area contributed by atoms with Gasteiger partial charge in [-0.2, -0.15) is 13.2 Å². The highest BCUT2D eigenvalue weighted by Crippen LogP contribution is 2.26. The van der Waals surface area contributed by atoms with Crippen LogP contribution in [0.15, 0.2) is 30.6 Å². The lowest BCUT2D eigenvalue weighted by atomic mass is 10.1. The highest BCUT2D eigenvalue weighted by molar-refractivity contribution is 6.08. The molecule has 1 atom stereocenters. The number of rotatable bonds is 3. The van der Waals surface area contributed by atoms with Crippen LogP contribution in [0.1, 0.15) is 17.3 Å². The summed E-state index contributed by atoms with van der Waals surface area (Å²) in [7, 11) is 0.913. The fraction of sp³-hybridized carbons (Fsp3) is 0.286. The largest absolute Gasteiger partial charge is 0.506 e. The maximum Gasteiger partial charge on any atom is 0.471 e. The normalized spacial score (nSPS) is 13.1. The predicted molar refractivity (Wildman–Crippen MR) is 71.7 cm³/mol. The molecule has 0 aliphatic carbocycles. The molecule has 0 fully saturated rings. The number of likely N-dealkylation sites (N-methyl/N-ethyl adjacent to an activating group) is 1. The zero-order chi connectivity index (χ0) is 16.7. The second-order valence-electron chi connectivity index (χ2n) is 4.83. The van der Waals surface area contributed by atoms with E-state index in [4.69, 9.17) is 0 Å². The van der Waals surface area contributed by atoms with Crippen LogP contribution in [-0.2, 0) is 4.79 Å². The fourth-order valence-corrected chi connectivity index (χ4v) is 2.12. The number of hydrogen-bond donors (Lipinski definition) is 1. The Morgan fingerprint density at radius 2 is 1.91 bits per heavy atom. The molecule has 5 nitrogen and oxygen atoms in total. The maximum atomic E-state index is 12.4. The van der Waals surface area contributed by atoms with Gasteiger partial charge in [-0.15, -0.1) is 0 Å². The summed E-state index contributed by atoms with van der Waals surface area (Å²) >= 11 is 0. The lowest BCUT2D eigenvalue weighted by Crippen LogP contribution is -2.46. The molecule has 0 saturated carbocycles. The van der Waals surface area contributed by atoms with Crippen LogP contribution in [0.4, 0.5) is 13.2 Å². The molecule has 22 heavy (non-hydrogen) atoms. The number of Topliss-reactive ketones (excluding diaryl/α,β-unsaturated/α-hetero) is 1. The van der Waals surface area contributed by atoms with E-state index >= 15 is 0 Å². The number of nitrogens with zero attached hydrogens (tertiary/aromatic N) is 2. The molecule has 1 amide bonds. The van der Waals surface area contributed by atoms with Crippen LogP contribution in [0.3, 0.4) is 0 Å². The number of alkyl halides is 3. The topological polar surface area (TPSA) is 62.0 Å². The van der Waals surface area contributed by atoms with E-state index < -0.39 is 23.9 Å². The summed E-state index contributed by atoms with van der Waals surface area (Å²) < 4.78 is 38.8. The Bertz CT molecular complexity index is 736. The van der Waals surface area contributed by atoms with E-state index in [0.29, 0.717) is 4.90 Å². The molecule has 2 heterocycles. The maximum absolute atomic E-state index is 12.4. The van der Waals surface area contributed by atoms with Crippen molar-refractivity contribution in [2.45, 2.75) is 19.1 Å². The molecule has 0 aromatic carbocycles. The summed E-state index contributed by atoms with van der Waals surface area (Å²) in [5, 5.41) is 9.82. The van der Waals surface area contributed by atoms with Crippen LogP contribution in [0.5, 0.6) is 5.75 Å². The van der Waals surface area contributed by atoms with Crippen molar-refractivity contribution in [3.63, 3.8) is 0 Å². The van der Waals surface area contributed by atoms with Crippen LogP contribution < -0.4 is 0 Å². The van der Waals surface area contributed by atoms with Crippen LogP contribution in [0, 0.1) is 0 Å². The van der Waals surface area contributed by atoms with Crippen LogP contribution in [0.25, 0.3) is 5.52 Å². The van der Waals surface area contributed by atoms with E-state index in [0.717, 1.165) is 7.05 Å². The van der Waals surface area contributed by atoms with Crippen LogP contribution >= 0.6 is 0 Å². The van der Waals surface area contributed by atoms with Gasteiger partial charge >= 0.3 is 12.1 Å². The van der Waals surface area contributed by atoms with E-state index in [1.807, 2.05) is 0 Å². The highest BCUT2D eigenvalue weighted by atomic mass is 19.4. The molecular formula is C14H13F3N2O3. The van der Waals surface area contributed by atoms with E-state index in [1.54, 1.807) is 12.3 Å². The number of carbonyl (C=O) groups excluding carboxylic acids is 2. The third-order valence-corrected chi connectivity index (χ3v) is 3.45. The van der Waals surface area contributed by atoms with Crippen molar-refractivity contribution in [2.24, 2.45) is 0 Å². The third kappa shape index (κ3) is 2.63. The zero-order valence-electron chi connectivity index (χ0n) is 11.8. The summed E-state index contributed by atoms with van der Waals surface area (Å²) in [6, 6.07) is 2.99. The molecule has 2 aromatic heterocycles. The first-order valence-electron chi connectivity index (χ1n) is 6.31. The monoisotopic (exact) mass is 314 g/mol. The van der Waals surface area contributed by atoms with Crippen molar-refractivity contribution in [2.75, 3.05) is 7.05 Å². The molecule has 0 saturated heterocycles.